The van der Waals surface area contributed by atoms with Crippen LogP contribution in [0.3, 0.4) is 0 Å². The van der Waals surface area contributed by atoms with Gasteiger partial charge in [-0.15, -0.1) is 0 Å². The van der Waals surface area contributed by atoms with Crippen LogP contribution in [0, 0.1) is 13.8 Å². The van der Waals surface area contributed by atoms with Crippen molar-refractivity contribution in [2.45, 2.75) is 19.9 Å². The van der Waals surface area contributed by atoms with Crippen LogP contribution in [0.15, 0.2) is 76.6 Å². The summed E-state index contributed by atoms with van der Waals surface area (Å²) in [4.78, 5) is 33.2. The number of amides is 1. The van der Waals surface area contributed by atoms with Crippen LogP contribution in [0.5, 0.6) is 5.75 Å². The van der Waals surface area contributed by atoms with E-state index in [0.717, 1.165) is 11.1 Å². The number of rotatable bonds is 5. The highest BCUT2D eigenvalue weighted by atomic mass is 35.5. The number of carbonyl (C=O) groups is 1. The lowest BCUT2D eigenvalue weighted by molar-refractivity contribution is 0.0970. The SMILES string of the molecule is C=CCOc1cccc(C2c3c(oc4cc(C)c(C)cc4c3=O)C(=O)N2c2ccc(Cl)cn2)c1. The molecule has 170 valence electrons. The Morgan fingerprint density at radius 1 is 1.15 bits per heavy atom. The van der Waals surface area contributed by atoms with E-state index >= 15 is 0 Å². The Bertz CT molecular complexity index is 1510. The van der Waals surface area contributed by atoms with Crippen molar-refractivity contribution in [1.82, 2.24) is 4.98 Å². The molecule has 0 aliphatic carbocycles. The van der Waals surface area contributed by atoms with E-state index in [2.05, 4.69) is 11.6 Å². The molecule has 0 radical (unpaired) electrons. The molecular weight excluding hydrogens is 452 g/mol. The summed E-state index contributed by atoms with van der Waals surface area (Å²) in [6.07, 6.45) is 3.11. The van der Waals surface area contributed by atoms with Crippen LogP contribution < -0.4 is 15.1 Å². The first-order chi connectivity index (χ1) is 16.4. The van der Waals surface area contributed by atoms with Crippen molar-refractivity contribution in [1.29, 1.82) is 0 Å². The van der Waals surface area contributed by atoms with Gasteiger partial charge < -0.3 is 9.15 Å². The van der Waals surface area contributed by atoms with Gasteiger partial charge in [0.1, 0.15) is 23.8 Å². The van der Waals surface area contributed by atoms with Gasteiger partial charge in [0, 0.05) is 6.20 Å². The van der Waals surface area contributed by atoms with E-state index in [1.165, 1.54) is 11.1 Å². The molecule has 5 rings (SSSR count). The molecule has 0 bridgehead atoms. The highest BCUT2D eigenvalue weighted by Gasteiger charge is 2.44. The molecule has 0 N–H and O–H groups in total. The first-order valence-corrected chi connectivity index (χ1v) is 11.1. The molecule has 34 heavy (non-hydrogen) atoms. The molecule has 0 saturated heterocycles. The molecular formula is C27H21ClN2O4. The second kappa shape index (κ2) is 8.47. The number of ether oxygens (including phenoxy) is 1. The molecule has 1 unspecified atom stereocenters. The maximum absolute atomic E-state index is 13.8. The molecule has 2 aromatic heterocycles. The number of aromatic nitrogens is 1. The number of hydrogen-bond donors (Lipinski definition) is 0. The van der Waals surface area contributed by atoms with Crippen molar-refractivity contribution in [2.24, 2.45) is 0 Å². The van der Waals surface area contributed by atoms with Crippen LogP contribution in [0.4, 0.5) is 5.82 Å². The molecule has 6 nitrogen and oxygen atoms in total. The summed E-state index contributed by atoms with van der Waals surface area (Å²) < 4.78 is 11.8. The minimum absolute atomic E-state index is 0.0138. The number of halogens is 1. The molecule has 7 heteroatoms. The number of hydrogen-bond acceptors (Lipinski definition) is 5. The summed E-state index contributed by atoms with van der Waals surface area (Å²) in [6.45, 7) is 7.88. The normalized spacial score (nSPS) is 15.0. The van der Waals surface area contributed by atoms with Gasteiger partial charge in [0.25, 0.3) is 5.91 Å². The third-order valence-corrected chi connectivity index (χ3v) is 6.21. The summed E-state index contributed by atoms with van der Waals surface area (Å²) in [6, 6.07) is 13.4. The molecule has 3 heterocycles. The van der Waals surface area contributed by atoms with Gasteiger partial charge in [-0.1, -0.05) is 36.4 Å². The smallest absolute Gasteiger partial charge is 0.296 e. The number of fused-ring (bicyclic) bond motifs is 2. The summed E-state index contributed by atoms with van der Waals surface area (Å²) in [7, 11) is 0. The number of anilines is 1. The van der Waals surface area contributed by atoms with Gasteiger partial charge in [-0.3, -0.25) is 14.5 Å². The van der Waals surface area contributed by atoms with Gasteiger partial charge in [-0.05, 0) is 66.9 Å². The Kier molecular flexibility index (Phi) is 5.46. The monoisotopic (exact) mass is 472 g/mol. The average molecular weight is 473 g/mol. The molecule has 1 aliphatic rings. The Hall–Kier alpha value is -3.90. The number of pyridine rings is 1. The van der Waals surface area contributed by atoms with Crippen molar-refractivity contribution in [3.8, 4) is 5.75 Å². The molecule has 1 amide bonds. The van der Waals surface area contributed by atoms with E-state index < -0.39 is 11.9 Å². The molecule has 0 saturated carbocycles. The largest absolute Gasteiger partial charge is 0.490 e. The third kappa shape index (κ3) is 3.56. The lowest BCUT2D eigenvalue weighted by Gasteiger charge is -2.24. The number of carbonyl (C=O) groups excluding carboxylic acids is 1. The van der Waals surface area contributed by atoms with Gasteiger partial charge in [0.2, 0.25) is 5.76 Å². The van der Waals surface area contributed by atoms with Gasteiger partial charge in [0.15, 0.2) is 5.43 Å². The topological polar surface area (TPSA) is 72.6 Å². The first kappa shape index (κ1) is 21.9. The van der Waals surface area contributed by atoms with E-state index in [-0.39, 0.29) is 16.8 Å². The van der Waals surface area contributed by atoms with E-state index in [1.54, 1.807) is 24.3 Å². The van der Waals surface area contributed by atoms with Crippen LogP contribution in [0.2, 0.25) is 5.02 Å². The third-order valence-electron chi connectivity index (χ3n) is 5.99. The Morgan fingerprint density at radius 3 is 2.68 bits per heavy atom. The maximum Gasteiger partial charge on any atom is 0.296 e. The van der Waals surface area contributed by atoms with E-state index in [4.69, 9.17) is 20.8 Å². The highest BCUT2D eigenvalue weighted by molar-refractivity contribution is 6.30. The van der Waals surface area contributed by atoms with Crippen molar-refractivity contribution >= 4 is 34.3 Å². The van der Waals surface area contributed by atoms with Crippen LogP contribution >= 0.6 is 11.6 Å². The fraction of sp³-hybridized carbons (Fsp3) is 0.148. The standard InChI is InChI=1S/C27H21ClN2O4/c1-4-10-33-19-7-5-6-17(13-19)24-23-25(31)20-11-15(2)16(3)12-21(20)34-26(23)27(32)30(24)22-9-8-18(28)14-29-22/h4-9,11-14,24H,1,10H2,2-3H3. The Morgan fingerprint density at radius 2 is 1.94 bits per heavy atom. The molecule has 1 atom stereocenters. The Balaban J connectivity index is 1.77. The minimum atomic E-state index is -0.745. The molecule has 2 aromatic carbocycles. The summed E-state index contributed by atoms with van der Waals surface area (Å²) in [5, 5.41) is 0.875. The Labute approximate surface area is 201 Å². The summed E-state index contributed by atoms with van der Waals surface area (Å²) >= 11 is 6.03. The minimum Gasteiger partial charge on any atom is -0.490 e. The molecule has 4 aromatic rings. The van der Waals surface area contributed by atoms with Crippen LogP contribution in [0.25, 0.3) is 11.0 Å². The van der Waals surface area contributed by atoms with Crippen molar-refractivity contribution in [2.75, 3.05) is 11.5 Å². The quantitative estimate of drug-likeness (QED) is 0.344. The van der Waals surface area contributed by atoms with Crippen LogP contribution in [0.1, 0.15) is 38.9 Å². The molecule has 0 spiro atoms. The predicted octanol–water partition coefficient (Wildman–Crippen LogP) is 5.77. The second-order valence-corrected chi connectivity index (χ2v) is 8.63. The predicted molar refractivity (Wildman–Crippen MR) is 132 cm³/mol. The average Bonchev–Trinajstić information content (AvgIpc) is 3.12. The van der Waals surface area contributed by atoms with Crippen molar-refractivity contribution in [3.63, 3.8) is 0 Å². The fourth-order valence-corrected chi connectivity index (χ4v) is 4.33. The zero-order chi connectivity index (χ0) is 24.0. The summed E-state index contributed by atoms with van der Waals surface area (Å²) in [5.41, 5.74) is 3.05. The number of benzene rings is 2. The van der Waals surface area contributed by atoms with E-state index in [1.807, 2.05) is 44.2 Å². The molecule has 0 fully saturated rings. The van der Waals surface area contributed by atoms with Gasteiger partial charge in [0.05, 0.1) is 22.0 Å². The van der Waals surface area contributed by atoms with Gasteiger partial charge >= 0.3 is 0 Å². The number of aryl methyl sites for hydroxylation is 2. The van der Waals surface area contributed by atoms with Crippen molar-refractivity contribution in [3.05, 3.63) is 111 Å². The van der Waals surface area contributed by atoms with Crippen LogP contribution in [-0.2, 0) is 0 Å². The van der Waals surface area contributed by atoms with Gasteiger partial charge in [-0.2, -0.15) is 0 Å². The zero-order valence-corrected chi connectivity index (χ0v) is 19.4. The zero-order valence-electron chi connectivity index (χ0n) is 18.7. The highest BCUT2D eigenvalue weighted by Crippen LogP contribution is 2.41. The van der Waals surface area contributed by atoms with E-state index in [0.29, 0.717) is 39.7 Å². The van der Waals surface area contributed by atoms with Crippen molar-refractivity contribution < 1.29 is 13.9 Å². The van der Waals surface area contributed by atoms with Gasteiger partial charge in [-0.25, -0.2) is 4.98 Å². The first-order valence-electron chi connectivity index (χ1n) is 10.8. The fourth-order valence-electron chi connectivity index (χ4n) is 4.22. The lowest BCUT2D eigenvalue weighted by Crippen LogP contribution is -2.30. The lowest BCUT2D eigenvalue weighted by atomic mass is 9.97. The molecule has 1 aliphatic heterocycles. The second-order valence-electron chi connectivity index (χ2n) is 8.19. The van der Waals surface area contributed by atoms with E-state index in [9.17, 15) is 9.59 Å². The summed E-state index contributed by atoms with van der Waals surface area (Å²) in [5.74, 6) is 0.530. The van der Waals surface area contributed by atoms with Crippen LogP contribution in [-0.4, -0.2) is 17.5 Å². The maximum atomic E-state index is 13.8. The number of nitrogens with zero attached hydrogens (tertiary/aromatic N) is 2.